The molecule has 0 radical (unpaired) electrons. The zero-order chi connectivity index (χ0) is 29.0. The average Bonchev–Trinajstić information content (AvgIpc) is 2.98. The first-order valence-electron chi connectivity index (χ1n) is 13.3. The first-order valence-corrected chi connectivity index (χ1v) is 14.8. The quantitative estimate of drug-likeness (QED) is 0.268. The van der Waals surface area contributed by atoms with Crippen LogP contribution in [-0.2, 0) is 21.4 Å². The second kappa shape index (κ2) is 11.9. The van der Waals surface area contributed by atoms with Gasteiger partial charge < -0.3 is 5.73 Å². The van der Waals surface area contributed by atoms with Crippen molar-refractivity contribution in [2.45, 2.75) is 31.2 Å². The number of fused-ring (bicyclic) bond motifs is 1. The third-order valence-electron chi connectivity index (χ3n) is 6.82. The Labute approximate surface area is 238 Å². The van der Waals surface area contributed by atoms with Crippen LogP contribution in [0.15, 0.2) is 107 Å². The molecule has 0 aliphatic carbocycles. The topological polar surface area (TPSA) is 124 Å². The highest BCUT2D eigenvalue weighted by molar-refractivity contribution is 7.90. The van der Waals surface area contributed by atoms with E-state index in [0.29, 0.717) is 29.5 Å². The molecule has 0 aliphatic rings. The maximum Gasteiger partial charge on any atom is 0.274 e. The van der Waals surface area contributed by atoms with Gasteiger partial charge in [-0.25, -0.2) is 17.8 Å². The normalized spacial score (nSPS) is 11.5. The van der Waals surface area contributed by atoms with Gasteiger partial charge in [0.2, 0.25) is 5.91 Å². The highest BCUT2D eigenvalue weighted by atomic mass is 32.2. The van der Waals surface area contributed by atoms with Gasteiger partial charge in [-0.3, -0.25) is 9.59 Å². The summed E-state index contributed by atoms with van der Waals surface area (Å²) in [5.41, 5.74) is 9.96. The summed E-state index contributed by atoms with van der Waals surface area (Å²) in [5.74, 6) is -0.598. The molecule has 0 bridgehead atoms. The van der Waals surface area contributed by atoms with Crippen LogP contribution in [0.2, 0.25) is 0 Å². The fraction of sp³-hybridized carbons (Fsp3) is 0.156. The molecular weight excluding hydrogens is 536 g/mol. The highest BCUT2D eigenvalue weighted by Gasteiger charge is 2.21. The van der Waals surface area contributed by atoms with Gasteiger partial charge in [0.25, 0.3) is 15.6 Å². The Balaban J connectivity index is 1.46. The fourth-order valence-corrected chi connectivity index (χ4v) is 5.93. The molecule has 0 spiro atoms. The van der Waals surface area contributed by atoms with E-state index in [2.05, 4.69) is 4.72 Å². The molecule has 0 atom stereocenters. The summed E-state index contributed by atoms with van der Waals surface area (Å²) in [6.45, 7) is 2.55. The molecule has 0 saturated heterocycles. The molecule has 1 amide bonds. The monoisotopic (exact) mass is 566 g/mol. The van der Waals surface area contributed by atoms with Crippen molar-refractivity contribution in [1.82, 2.24) is 14.5 Å². The number of nitrogens with one attached hydrogen (secondary N) is 1. The van der Waals surface area contributed by atoms with E-state index in [9.17, 15) is 18.0 Å². The molecule has 41 heavy (non-hydrogen) atoms. The van der Waals surface area contributed by atoms with Crippen LogP contribution in [0, 0.1) is 6.92 Å². The van der Waals surface area contributed by atoms with Gasteiger partial charge in [0.15, 0.2) is 0 Å². The summed E-state index contributed by atoms with van der Waals surface area (Å²) >= 11 is 0. The minimum atomic E-state index is -4.08. The van der Waals surface area contributed by atoms with Crippen molar-refractivity contribution < 1.29 is 13.2 Å². The first-order chi connectivity index (χ1) is 19.8. The van der Waals surface area contributed by atoms with Crippen molar-refractivity contribution in [1.29, 1.82) is 0 Å². The smallest absolute Gasteiger partial charge is 0.274 e. The largest absolute Gasteiger partial charge is 0.330 e. The van der Waals surface area contributed by atoms with Gasteiger partial charge in [0, 0.05) is 22.9 Å². The molecular formula is C32H30N4O4S. The van der Waals surface area contributed by atoms with E-state index >= 15 is 0 Å². The Morgan fingerprint density at radius 3 is 2.20 bits per heavy atom. The number of rotatable bonds is 9. The number of aromatic nitrogens is 2. The number of aryl methyl sites for hydroxylation is 1. The average molecular weight is 567 g/mol. The van der Waals surface area contributed by atoms with Crippen molar-refractivity contribution in [2.75, 3.05) is 6.54 Å². The van der Waals surface area contributed by atoms with Crippen LogP contribution in [0.3, 0.4) is 0 Å². The summed E-state index contributed by atoms with van der Waals surface area (Å²) in [7, 11) is -4.08. The van der Waals surface area contributed by atoms with E-state index in [1.165, 1.54) is 10.7 Å². The van der Waals surface area contributed by atoms with Crippen LogP contribution in [0.1, 0.15) is 24.0 Å². The lowest BCUT2D eigenvalue weighted by molar-refractivity contribution is -0.119. The van der Waals surface area contributed by atoms with E-state index in [1.54, 1.807) is 30.3 Å². The molecule has 0 fully saturated rings. The van der Waals surface area contributed by atoms with Gasteiger partial charge in [0.05, 0.1) is 22.5 Å². The van der Waals surface area contributed by atoms with Gasteiger partial charge in [-0.15, -0.1) is 0 Å². The van der Waals surface area contributed by atoms with E-state index in [0.717, 1.165) is 27.8 Å². The van der Waals surface area contributed by atoms with Gasteiger partial charge in [-0.2, -0.15) is 5.10 Å². The molecule has 0 aliphatic heterocycles. The van der Waals surface area contributed by atoms with Crippen molar-refractivity contribution in [3.05, 3.63) is 119 Å². The van der Waals surface area contributed by atoms with Crippen molar-refractivity contribution in [3.63, 3.8) is 0 Å². The van der Waals surface area contributed by atoms with E-state index < -0.39 is 15.9 Å². The standard InChI is InChI=1S/C32H30N4O4S/c1-22-12-16-25(17-13-22)31-27-8-2-3-9-28(27)32(38)36(34-31)21-23-14-18-24(19-15-23)26-7-4-5-10-29(26)41(39,40)35-30(37)11-6-20-33/h2-5,7-10,12-19H,6,11,20-21,33H2,1H3,(H,35,37). The molecule has 9 heteroatoms. The van der Waals surface area contributed by atoms with Crippen LogP contribution in [0.5, 0.6) is 0 Å². The summed E-state index contributed by atoms with van der Waals surface area (Å²) in [5, 5.41) is 6.13. The summed E-state index contributed by atoms with van der Waals surface area (Å²) in [4.78, 5) is 25.5. The molecule has 1 heterocycles. The molecule has 0 unspecified atom stereocenters. The maximum atomic E-state index is 13.4. The lowest BCUT2D eigenvalue weighted by atomic mass is 10.0. The highest BCUT2D eigenvalue weighted by Crippen LogP contribution is 2.28. The van der Waals surface area contributed by atoms with E-state index in [4.69, 9.17) is 10.8 Å². The minimum Gasteiger partial charge on any atom is -0.330 e. The number of carbonyl (C=O) groups is 1. The van der Waals surface area contributed by atoms with E-state index in [-0.39, 0.29) is 23.4 Å². The third-order valence-corrected chi connectivity index (χ3v) is 8.25. The van der Waals surface area contributed by atoms with Crippen LogP contribution in [0.25, 0.3) is 33.2 Å². The van der Waals surface area contributed by atoms with Gasteiger partial charge in [-0.05, 0) is 43.1 Å². The molecule has 4 aromatic carbocycles. The number of benzene rings is 4. The van der Waals surface area contributed by atoms with Gasteiger partial charge in [0.1, 0.15) is 0 Å². The lowest BCUT2D eigenvalue weighted by Gasteiger charge is -2.13. The Morgan fingerprint density at radius 2 is 1.49 bits per heavy atom. The molecule has 0 saturated carbocycles. The van der Waals surface area contributed by atoms with Gasteiger partial charge >= 0.3 is 0 Å². The summed E-state index contributed by atoms with van der Waals surface area (Å²) < 4.78 is 29.6. The lowest BCUT2D eigenvalue weighted by Crippen LogP contribution is -2.31. The Kier molecular flexibility index (Phi) is 8.09. The molecule has 5 rings (SSSR count). The molecule has 8 nitrogen and oxygen atoms in total. The Bertz CT molecular complexity index is 1880. The SMILES string of the molecule is Cc1ccc(-c2nn(Cc3ccc(-c4ccccc4S(=O)(=O)NC(=O)CCCN)cc3)c(=O)c3ccccc23)cc1. The zero-order valence-corrected chi connectivity index (χ0v) is 23.4. The zero-order valence-electron chi connectivity index (χ0n) is 22.6. The van der Waals surface area contributed by atoms with Crippen molar-refractivity contribution in [3.8, 4) is 22.4 Å². The molecule has 1 aromatic heterocycles. The number of sulfonamides is 1. The van der Waals surface area contributed by atoms with Crippen LogP contribution < -0.4 is 16.0 Å². The number of carbonyl (C=O) groups excluding carboxylic acids is 1. The minimum absolute atomic E-state index is 0.00371. The number of hydrogen-bond donors (Lipinski definition) is 2. The maximum absolute atomic E-state index is 13.4. The number of amides is 1. The Morgan fingerprint density at radius 1 is 0.854 bits per heavy atom. The number of nitrogens with two attached hydrogens (primary N) is 1. The summed E-state index contributed by atoms with van der Waals surface area (Å²) in [6, 6.07) is 29.3. The van der Waals surface area contributed by atoms with Gasteiger partial charge in [-0.1, -0.05) is 90.5 Å². The fourth-order valence-electron chi connectivity index (χ4n) is 4.69. The van der Waals surface area contributed by atoms with Crippen LogP contribution in [-0.4, -0.2) is 30.7 Å². The number of nitrogens with zero attached hydrogens (tertiary/aromatic N) is 2. The van der Waals surface area contributed by atoms with Crippen LogP contribution >= 0.6 is 0 Å². The Hall–Kier alpha value is -4.60. The molecule has 3 N–H and O–H groups in total. The van der Waals surface area contributed by atoms with E-state index in [1.807, 2.05) is 67.6 Å². The predicted molar refractivity (Wildman–Crippen MR) is 161 cm³/mol. The second-order valence-electron chi connectivity index (χ2n) is 9.84. The summed E-state index contributed by atoms with van der Waals surface area (Å²) in [6.07, 6.45) is 0.423. The second-order valence-corrected chi connectivity index (χ2v) is 11.5. The molecule has 208 valence electrons. The number of hydrogen-bond acceptors (Lipinski definition) is 6. The van der Waals surface area contributed by atoms with Crippen molar-refractivity contribution >= 4 is 26.7 Å². The van der Waals surface area contributed by atoms with Crippen LogP contribution in [0.4, 0.5) is 0 Å². The third kappa shape index (κ3) is 6.11. The molecule has 5 aromatic rings. The predicted octanol–water partition coefficient (Wildman–Crippen LogP) is 4.63. The first kappa shape index (κ1) is 27.9. The van der Waals surface area contributed by atoms with Crippen molar-refractivity contribution in [2.24, 2.45) is 5.73 Å².